The number of rotatable bonds is 1. The van der Waals surface area contributed by atoms with E-state index < -0.39 is 17.8 Å². The molecular formula is C5H6Cl2F3N3O. The molecule has 0 fully saturated rings. The summed E-state index contributed by atoms with van der Waals surface area (Å²) in [7, 11) is 0. The first-order chi connectivity index (χ1) is 5.41. The van der Waals surface area contributed by atoms with Crippen molar-refractivity contribution >= 4 is 30.7 Å². The highest BCUT2D eigenvalue weighted by atomic mass is 35.5. The summed E-state index contributed by atoms with van der Waals surface area (Å²) in [5, 5.41) is 4.73. The molecule has 1 amide bonds. The zero-order valence-electron chi connectivity index (χ0n) is 6.46. The van der Waals surface area contributed by atoms with Crippen LogP contribution >= 0.6 is 24.8 Å². The van der Waals surface area contributed by atoms with Crippen LogP contribution in [0.4, 0.5) is 13.2 Å². The summed E-state index contributed by atoms with van der Waals surface area (Å²) in [5.74, 6) is -0.974. The van der Waals surface area contributed by atoms with Crippen molar-refractivity contribution in [3.8, 4) is 0 Å². The zero-order valence-corrected chi connectivity index (χ0v) is 8.09. The molecule has 0 radical (unpaired) electrons. The van der Waals surface area contributed by atoms with Gasteiger partial charge in [-0.3, -0.25) is 9.89 Å². The smallest absolute Gasteiger partial charge is 0.364 e. The Morgan fingerprint density at radius 1 is 1.43 bits per heavy atom. The third-order valence-corrected chi connectivity index (χ3v) is 1.13. The first-order valence-corrected chi connectivity index (χ1v) is 2.83. The van der Waals surface area contributed by atoms with Crippen LogP contribution in [-0.2, 0) is 6.18 Å². The molecule has 14 heavy (non-hydrogen) atoms. The van der Waals surface area contributed by atoms with Gasteiger partial charge in [0, 0.05) is 6.07 Å². The highest BCUT2D eigenvalue weighted by Gasteiger charge is 2.34. The van der Waals surface area contributed by atoms with Gasteiger partial charge in [-0.2, -0.15) is 18.3 Å². The molecule has 0 saturated heterocycles. The predicted molar refractivity (Wildman–Crippen MR) is 46.6 cm³/mol. The van der Waals surface area contributed by atoms with Gasteiger partial charge >= 0.3 is 6.18 Å². The van der Waals surface area contributed by atoms with Gasteiger partial charge in [-0.1, -0.05) is 0 Å². The van der Waals surface area contributed by atoms with Gasteiger partial charge in [-0.25, -0.2) is 0 Å². The average Bonchev–Trinajstić information content (AvgIpc) is 2.30. The van der Waals surface area contributed by atoms with Gasteiger partial charge in [0.25, 0.3) is 5.91 Å². The fourth-order valence-corrected chi connectivity index (χ4v) is 0.593. The van der Waals surface area contributed by atoms with Gasteiger partial charge in [0.2, 0.25) is 0 Å². The first-order valence-electron chi connectivity index (χ1n) is 2.83. The third-order valence-electron chi connectivity index (χ3n) is 1.13. The summed E-state index contributed by atoms with van der Waals surface area (Å²) < 4.78 is 35.5. The summed E-state index contributed by atoms with van der Waals surface area (Å²) >= 11 is 0. The summed E-state index contributed by atoms with van der Waals surface area (Å²) in [4.78, 5) is 10.3. The van der Waals surface area contributed by atoms with E-state index in [1.54, 1.807) is 0 Å². The molecule has 4 nitrogen and oxygen atoms in total. The normalized spacial score (nSPS) is 9.93. The largest absolute Gasteiger partial charge is 0.435 e. The summed E-state index contributed by atoms with van der Waals surface area (Å²) in [6, 6.07) is 0.558. The topological polar surface area (TPSA) is 71.8 Å². The molecule has 0 aliphatic rings. The molecule has 0 aliphatic carbocycles. The Balaban J connectivity index is 0. The molecule has 9 heteroatoms. The van der Waals surface area contributed by atoms with Crippen molar-refractivity contribution in [1.29, 1.82) is 0 Å². The quantitative estimate of drug-likeness (QED) is 0.792. The van der Waals surface area contributed by atoms with Crippen molar-refractivity contribution < 1.29 is 18.0 Å². The number of H-pyrrole nitrogens is 1. The van der Waals surface area contributed by atoms with Crippen molar-refractivity contribution in [2.75, 3.05) is 0 Å². The van der Waals surface area contributed by atoms with Gasteiger partial charge in [-0.05, 0) is 0 Å². The lowest BCUT2D eigenvalue weighted by Gasteiger charge is -1.98. The summed E-state index contributed by atoms with van der Waals surface area (Å²) in [5.41, 5.74) is 3.18. The molecule has 0 aliphatic heterocycles. The lowest BCUT2D eigenvalue weighted by Crippen LogP contribution is -2.11. The third kappa shape index (κ3) is 3.43. The molecule has 1 aromatic heterocycles. The minimum Gasteiger partial charge on any atom is -0.364 e. The maximum Gasteiger partial charge on any atom is 0.435 e. The number of alkyl halides is 3. The fourth-order valence-electron chi connectivity index (χ4n) is 0.593. The number of nitrogens with two attached hydrogens (primary N) is 1. The number of carbonyl (C=O) groups excluding carboxylic acids is 1. The van der Waals surface area contributed by atoms with Crippen molar-refractivity contribution in [1.82, 2.24) is 10.2 Å². The van der Waals surface area contributed by atoms with E-state index in [-0.39, 0.29) is 30.5 Å². The van der Waals surface area contributed by atoms with E-state index in [0.29, 0.717) is 6.07 Å². The number of nitrogens with zero attached hydrogens (tertiary/aromatic N) is 1. The standard InChI is InChI=1S/C5H4F3N3O.2ClH/c6-5(7,8)3-1-2(4(9)12)10-11-3;;/h1H,(H2,9,12)(H,10,11);2*1H. The van der Waals surface area contributed by atoms with Crippen LogP contribution in [0.15, 0.2) is 6.07 Å². The van der Waals surface area contributed by atoms with E-state index in [9.17, 15) is 18.0 Å². The predicted octanol–water partition coefficient (Wildman–Crippen LogP) is 1.37. The number of hydrogen-bond donors (Lipinski definition) is 2. The number of nitrogens with one attached hydrogen (secondary N) is 1. The van der Waals surface area contributed by atoms with E-state index >= 15 is 0 Å². The van der Waals surface area contributed by atoms with Crippen molar-refractivity contribution in [2.24, 2.45) is 5.73 Å². The SMILES string of the molecule is Cl.Cl.NC(=O)c1cc(C(F)(F)F)n[nH]1. The molecule has 82 valence electrons. The van der Waals surface area contributed by atoms with Crippen molar-refractivity contribution in [3.05, 3.63) is 17.5 Å². The van der Waals surface area contributed by atoms with Crippen LogP contribution in [0.2, 0.25) is 0 Å². The van der Waals surface area contributed by atoms with Crippen LogP contribution in [0.1, 0.15) is 16.2 Å². The van der Waals surface area contributed by atoms with Gasteiger partial charge in [0.1, 0.15) is 5.69 Å². The number of carbonyl (C=O) groups is 1. The highest BCUT2D eigenvalue weighted by Crippen LogP contribution is 2.27. The zero-order chi connectivity index (χ0) is 9.35. The highest BCUT2D eigenvalue weighted by molar-refractivity contribution is 5.90. The van der Waals surface area contributed by atoms with Gasteiger partial charge in [-0.15, -0.1) is 24.8 Å². The number of halogens is 5. The molecule has 0 atom stereocenters. The number of aromatic amines is 1. The second-order valence-corrected chi connectivity index (χ2v) is 2.03. The number of amides is 1. The minimum atomic E-state index is -4.55. The number of hydrogen-bond acceptors (Lipinski definition) is 2. The molecule has 1 aromatic rings. The maximum atomic E-state index is 11.8. The Kier molecular flexibility index (Phi) is 5.61. The summed E-state index contributed by atoms with van der Waals surface area (Å²) in [6.07, 6.45) is -4.55. The number of aromatic nitrogens is 2. The van der Waals surface area contributed by atoms with Crippen LogP contribution in [0, 0.1) is 0 Å². The van der Waals surface area contributed by atoms with Crippen LogP contribution in [0.3, 0.4) is 0 Å². The fraction of sp³-hybridized carbons (Fsp3) is 0.200. The molecule has 0 spiro atoms. The minimum absolute atomic E-state index is 0. The van der Waals surface area contributed by atoms with Gasteiger partial charge < -0.3 is 5.73 Å². The van der Waals surface area contributed by atoms with Gasteiger partial charge in [0.05, 0.1) is 0 Å². The Bertz CT molecular complexity index is 311. The van der Waals surface area contributed by atoms with E-state index in [2.05, 4.69) is 5.10 Å². The van der Waals surface area contributed by atoms with E-state index in [4.69, 9.17) is 5.73 Å². The van der Waals surface area contributed by atoms with Crippen molar-refractivity contribution in [3.63, 3.8) is 0 Å². The molecule has 0 aromatic carbocycles. The monoisotopic (exact) mass is 251 g/mol. The molecule has 1 heterocycles. The maximum absolute atomic E-state index is 11.8. The molecule has 0 saturated carbocycles. The lowest BCUT2D eigenvalue weighted by molar-refractivity contribution is -0.141. The van der Waals surface area contributed by atoms with Crippen LogP contribution in [0.5, 0.6) is 0 Å². The van der Waals surface area contributed by atoms with Crippen LogP contribution < -0.4 is 5.73 Å². The lowest BCUT2D eigenvalue weighted by atomic mass is 10.3. The van der Waals surface area contributed by atoms with Crippen molar-refractivity contribution in [2.45, 2.75) is 6.18 Å². The Morgan fingerprint density at radius 2 is 1.93 bits per heavy atom. The average molecular weight is 252 g/mol. The Morgan fingerprint density at radius 3 is 2.14 bits per heavy atom. The Labute approximate surface area is 88.9 Å². The first kappa shape index (κ1) is 15.5. The summed E-state index contributed by atoms with van der Waals surface area (Å²) in [6.45, 7) is 0. The van der Waals surface area contributed by atoms with Crippen LogP contribution in [0.25, 0.3) is 0 Å². The molecule has 1 rings (SSSR count). The number of primary amides is 1. The van der Waals surface area contributed by atoms with E-state index in [0.717, 1.165) is 0 Å². The second kappa shape index (κ2) is 5.06. The molecule has 0 bridgehead atoms. The molecule has 0 unspecified atom stereocenters. The van der Waals surface area contributed by atoms with Gasteiger partial charge in [0.15, 0.2) is 5.69 Å². The van der Waals surface area contributed by atoms with E-state index in [1.165, 1.54) is 0 Å². The molecule has 3 N–H and O–H groups in total. The van der Waals surface area contributed by atoms with E-state index in [1.807, 2.05) is 5.10 Å². The second-order valence-electron chi connectivity index (χ2n) is 2.03. The van der Waals surface area contributed by atoms with Crippen LogP contribution in [-0.4, -0.2) is 16.1 Å². The molecular weight excluding hydrogens is 246 g/mol. The Hall–Kier alpha value is -0.950.